The Morgan fingerprint density at radius 2 is 0.964 bits per heavy atom. The van der Waals surface area contributed by atoms with Gasteiger partial charge in [-0.05, 0) is 36.8 Å². The highest BCUT2D eigenvalue weighted by molar-refractivity contribution is 5.86. The highest BCUT2D eigenvalue weighted by Crippen LogP contribution is 2.52. The van der Waals surface area contributed by atoms with E-state index in [-0.39, 0.29) is 22.7 Å². The van der Waals surface area contributed by atoms with Gasteiger partial charge in [0.1, 0.15) is 5.78 Å². The molecule has 148 valence electrons. The summed E-state index contributed by atoms with van der Waals surface area (Å²) in [5.74, 6) is 0.638. The molecule has 0 bridgehead atoms. The fourth-order valence-electron chi connectivity index (χ4n) is 6.41. The summed E-state index contributed by atoms with van der Waals surface area (Å²) in [6.07, 6.45) is 9.55. The Kier molecular flexibility index (Phi) is 5.45. The third-order valence-corrected chi connectivity index (χ3v) is 8.20. The zero-order valence-electron chi connectivity index (χ0n) is 17.5. The van der Waals surface area contributed by atoms with E-state index in [1.807, 2.05) is 0 Å². The van der Waals surface area contributed by atoms with E-state index in [2.05, 4.69) is 74.5 Å². The first-order valence-corrected chi connectivity index (χ1v) is 11.2. The molecular formula is C27H34O. The minimum atomic E-state index is 0.0308. The average molecular weight is 375 g/mol. The van der Waals surface area contributed by atoms with Crippen LogP contribution in [0.1, 0.15) is 76.3 Å². The molecule has 2 fully saturated rings. The highest BCUT2D eigenvalue weighted by atomic mass is 16.1. The van der Waals surface area contributed by atoms with E-state index < -0.39 is 0 Å². The lowest BCUT2D eigenvalue weighted by atomic mass is 9.61. The van der Waals surface area contributed by atoms with Crippen LogP contribution in [0.4, 0.5) is 0 Å². The maximum Gasteiger partial charge on any atom is 0.140 e. The average Bonchev–Trinajstić information content (AvgIpc) is 3.45. The van der Waals surface area contributed by atoms with Crippen LogP contribution in [0.25, 0.3) is 0 Å². The zero-order valence-corrected chi connectivity index (χ0v) is 17.5. The van der Waals surface area contributed by atoms with E-state index in [1.165, 1.54) is 36.8 Å². The Hall–Kier alpha value is -1.89. The summed E-state index contributed by atoms with van der Waals surface area (Å²) in [6.45, 7) is 4.45. The van der Waals surface area contributed by atoms with Crippen molar-refractivity contribution < 1.29 is 4.79 Å². The maximum absolute atomic E-state index is 14.0. The summed E-state index contributed by atoms with van der Waals surface area (Å²) in [5.41, 5.74) is 2.81. The van der Waals surface area contributed by atoms with Crippen molar-refractivity contribution in [2.45, 2.75) is 76.0 Å². The molecule has 0 radical (unpaired) electrons. The molecule has 0 saturated heterocycles. The fourth-order valence-corrected chi connectivity index (χ4v) is 6.41. The van der Waals surface area contributed by atoms with Crippen LogP contribution in [0, 0.1) is 11.8 Å². The predicted octanol–water partition coefficient (Wildman–Crippen LogP) is 6.85. The van der Waals surface area contributed by atoms with Crippen LogP contribution >= 0.6 is 0 Å². The minimum absolute atomic E-state index is 0.0308. The van der Waals surface area contributed by atoms with Crippen molar-refractivity contribution in [1.82, 2.24) is 0 Å². The van der Waals surface area contributed by atoms with Crippen molar-refractivity contribution in [3.63, 3.8) is 0 Å². The van der Waals surface area contributed by atoms with Gasteiger partial charge in [-0.25, -0.2) is 0 Å². The molecule has 0 aliphatic heterocycles. The maximum atomic E-state index is 14.0. The Balaban J connectivity index is 1.67. The molecule has 0 N–H and O–H groups in total. The molecular weight excluding hydrogens is 340 g/mol. The first-order chi connectivity index (χ1) is 13.6. The molecule has 1 heteroatoms. The van der Waals surface area contributed by atoms with E-state index in [0.29, 0.717) is 5.78 Å². The van der Waals surface area contributed by atoms with Gasteiger partial charge in [-0.3, -0.25) is 4.79 Å². The van der Waals surface area contributed by atoms with Crippen molar-refractivity contribution in [2.24, 2.45) is 11.8 Å². The summed E-state index contributed by atoms with van der Waals surface area (Å²) < 4.78 is 0. The summed E-state index contributed by atoms with van der Waals surface area (Å²) in [5, 5.41) is 0. The van der Waals surface area contributed by atoms with Crippen LogP contribution in [0.5, 0.6) is 0 Å². The van der Waals surface area contributed by atoms with Gasteiger partial charge in [-0.1, -0.05) is 100 Å². The van der Waals surface area contributed by atoms with Crippen LogP contribution in [0.2, 0.25) is 0 Å². The van der Waals surface area contributed by atoms with E-state index in [1.54, 1.807) is 0 Å². The van der Waals surface area contributed by atoms with Gasteiger partial charge >= 0.3 is 0 Å². The quantitative estimate of drug-likeness (QED) is 0.540. The second-order valence-corrected chi connectivity index (χ2v) is 9.30. The van der Waals surface area contributed by atoms with Crippen molar-refractivity contribution in [1.29, 1.82) is 0 Å². The molecule has 2 atom stereocenters. The van der Waals surface area contributed by atoms with Gasteiger partial charge in [-0.2, -0.15) is 0 Å². The topological polar surface area (TPSA) is 17.1 Å². The lowest BCUT2D eigenvalue weighted by Crippen LogP contribution is -2.44. The number of hydrogen-bond donors (Lipinski definition) is 0. The summed E-state index contributed by atoms with van der Waals surface area (Å²) in [6, 6.07) is 21.7. The van der Waals surface area contributed by atoms with E-state index in [0.717, 1.165) is 25.7 Å². The Morgan fingerprint density at radius 1 is 0.643 bits per heavy atom. The Labute approximate surface area is 170 Å². The SMILES string of the molecule is CC(C(=O)C(C)C1(c2ccccc2)CCCC1)C1(c2ccccc2)CCCC1. The third-order valence-electron chi connectivity index (χ3n) is 8.20. The van der Waals surface area contributed by atoms with Crippen molar-refractivity contribution in [3.8, 4) is 0 Å². The molecule has 2 aliphatic rings. The van der Waals surface area contributed by atoms with Gasteiger partial charge in [0.25, 0.3) is 0 Å². The number of rotatable bonds is 6. The normalized spacial score (nSPS) is 22.6. The number of ketones is 1. The summed E-state index contributed by atoms with van der Waals surface area (Å²) >= 11 is 0. The van der Waals surface area contributed by atoms with Gasteiger partial charge in [0.15, 0.2) is 0 Å². The number of carbonyl (C=O) groups is 1. The van der Waals surface area contributed by atoms with Crippen LogP contribution in [-0.2, 0) is 15.6 Å². The molecule has 0 amide bonds. The first kappa shape index (κ1) is 19.4. The standard InChI is InChI=1S/C27H34O/c1-21(26(17-9-10-18-26)23-13-5-3-6-14-23)25(28)22(2)27(19-11-12-20-27)24-15-7-4-8-16-24/h3-8,13-16,21-22H,9-12,17-20H2,1-2H3. The largest absolute Gasteiger partial charge is 0.299 e. The van der Waals surface area contributed by atoms with E-state index in [9.17, 15) is 4.79 Å². The molecule has 2 aromatic rings. The zero-order chi connectivity index (χ0) is 19.6. The molecule has 0 spiro atoms. The molecule has 28 heavy (non-hydrogen) atoms. The van der Waals surface area contributed by atoms with Gasteiger partial charge in [-0.15, -0.1) is 0 Å². The van der Waals surface area contributed by atoms with E-state index >= 15 is 0 Å². The van der Waals surface area contributed by atoms with E-state index in [4.69, 9.17) is 0 Å². The monoisotopic (exact) mass is 374 g/mol. The molecule has 0 aromatic heterocycles. The van der Waals surface area contributed by atoms with Crippen LogP contribution in [0.15, 0.2) is 60.7 Å². The van der Waals surface area contributed by atoms with Gasteiger partial charge in [0, 0.05) is 22.7 Å². The lowest BCUT2D eigenvalue weighted by Gasteiger charge is -2.41. The number of carbonyl (C=O) groups excluding carboxylic acids is 1. The summed E-state index contributed by atoms with van der Waals surface area (Å²) in [4.78, 5) is 14.0. The smallest absolute Gasteiger partial charge is 0.140 e. The van der Waals surface area contributed by atoms with Crippen molar-refractivity contribution >= 4 is 5.78 Å². The van der Waals surface area contributed by atoms with Crippen LogP contribution < -0.4 is 0 Å². The third kappa shape index (κ3) is 3.13. The van der Waals surface area contributed by atoms with Gasteiger partial charge in [0.2, 0.25) is 0 Å². The minimum Gasteiger partial charge on any atom is -0.299 e. The first-order valence-electron chi connectivity index (χ1n) is 11.2. The predicted molar refractivity (Wildman–Crippen MR) is 117 cm³/mol. The van der Waals surface area contributed by atoms with Crippen molar-refractivity contribution in [3.05, 3.63) is 71.8 Å². The molecule has 2 saturated carbocycles. The van der Waals surface area contributed by atoms with Gasteiger partial charge in [0.05, 0.1) is 0 Å². The second-order valence-electron chi connectivity index (χ2n) is 9.30. The van der Waals surface area contributed by atoms with Crippen LogP contribution in [-0.4, -0.2) is 5.78 Å². The number of Topliss-reactive ketones (excluding diaryl/α,β-unsaturated/α-hetero) is 1. The molecule has 0 heterocycles. The summed E-state index contributed by atoms with van der Waals surface area (Å²) in [7, 11) is 0. The molecule has 2 unspecified atom stereocenters. The molecule has 1 nitrogen and oxygen atoms in total. The fraction of sp³-hybridized carbons (Fsp3) is 0.519. The number of benzene rings is 2. The lowest BCUT2D eigenvalue weighted by molar-refractivity contribution is -0.130. The molecule has 2 aliphatic carbocycles. The highest BCUT2D eigenvalue weighted by Gasteiger charge is 2.49. The molecule has 2 aromatic carbocycles. The van der Waals surface area contributed by atoms with Crippen molar-refractivity contribution in [2.75, 3.05) is 0 Å². The van der Waals surface area contributed by atoms with Crippen LogP contribution in [0.3, 0.4) is 0 Å². The number of hydrogen-bond acceptors (Lipinski definition) is 1. The Morgan fingerprint density at radius 3 is 1.29 bits per heavy atom. The van der Waals surface area contributed by atoms with Gasteiger partial charge < -0.3 is 0 Å². The second kappa shape index (κ2) is 7.85. The Bertz CT molecular complexity index is 712. The molecule has 4 rings (SSSR count).